The van der Waals surface area contributed by atoms with E-state index in [1.165, 1.54) is 0 Å². The molecule has 8 heteroatoms. The molecule has 0 spiro atoms. The highest BCUT2D eigenvalue weighted by Crippen LogP contribution is 2.37. The van der Waals surface area contributed by atoms with Gasteiger partial charge >= 0.3 is 6.09 Å². The lowest BCUT2D eigenvalue weighted by atomic mass is 9.86. The summed E-state index contributed by atoms with van der Waals surface area (Å²) in [5.74, 6) is 2.02. The highest BCUT2D eigenvalue weighted by Gasteiger charge is 2.33. The van der Waals surface area contributed by atoms with Crippen molar-refractivity contribution in [1.29, 1.82) is 0 Å². The number of rotatable bonds is 3. The van der Waals surface area contributed by atoms with Gasteiger partial charge < -0.3 is 9.47 Å². The molecule has 1 aromatic carbocycles. The van der Waals surface area contributed by atoms with E-state index in [9.17, 15) is 4.79 Å². The molecule has 1 fully saturated rings. The molecule has 1 aromatic heterocycles. The van der Waals surface area contributed by atoms with Crippen molar-refractivity contribution in [2.75, 3.05) is 6.61 Å². The summed E-state index contributed by atoms with van der Waals surface area (Å²) in [6.07, 6.45) is 4.05. The summed E-state index contributed by atoms with van der Waals surface area (Å²) in [5, 5.41) is 9.72. The van der Waals surface area contributed by atoms with Crippen LogP contribution in [0.15, 0.2) is 18.2 Å². The molecule has 2 aliphatic rings. The van der Waals surface area contributed by atoms with Crippen molar-refractivity contribution in [3.63, 3.8) is 0 Å². The van der Waals surface area contributed by atoms with Crippen molar-refractivity contribution in [2.45, 2.75) is 84.1 Å². The van der Waals surface area contributed by atoms with Crippen LogP contribution in [-0.2, 0) is 22.6 Å². The summed E-state index contributed by atoms with van der Waals surface area (Å²) in [5.41, 5.74) is 1.37. The van der Waals surface area contributed by atoms with Crippen LogP contribution in [0.5, 0.6) is 0 Å². The minimum Gasteiger partial charge on any atom is -0.444 e. The van der Waals surface area contributed by atoms with Crippen molar-refractivity contribution in [3.8, 4) is 5.69 Å². The van der Waals surface area contributed by atoms with E-state index >= 15 is 0 Å². The fraction of sp³-hybridized carbons (Fsp3) is 0.609. The topological polar surface area (TPSA) is 69.5 Å². The lowest BCUT2D eigenvalue weighted by Crippen LogP contribution is -2.35. The van der Waals surface area contributed by atoms with Gasteiger partial charge in [-0.1, -0.05) is 11.6 Å². The first-order valence-corrected chi connectivity index (χ1v) is 11.5. The van der Waals surface area contributed by atoms with Crippen LogP contribution in [-0.4, -0.2) is 44.1 Å². The minimum atomic E-state index is -0.571. The van der Waals surface area contributed by atoms with Crippen LogP contribution < -0.4 is 0 Å². The number of aromatic nitrogens is 3. The van der Waals surface area contributed by atoms with Gasteiger partial charge in [0.05, 0.1) is 24.9 Å². The van der Waals surface area contributed by atoms with Gasteiger partial charge in [-0.3, -0.25) is 9.47 Å². The third-order valence-corrected chi connectivity index (χ3v) is 6.06. The Morgan fingerprint density at radius 1 is 1.16 bits per heavy atom. The van der Waals surface area contributed by atoms with Crippen LogP contribution in [0.1, 0.15) is 76.5 Å². The number of carbonyl (C=O) groups excluding carboxylic acids is 1. The third kappa shape index (κ3) is 4.88. The summed E-state index contributed by atoms with van der Waals surface area (Å²) in [4.78, 5) is 14.5. The van der Waals surface area contributed by atoms with Gasteiger partial charge in [0.2, 0.25) is 0 Å². The molecular formula is C23H31ClN4O3. The van der Waals surface area contributed by atoms with Gasteiger partial charge in [0.1, 0.15) is 11.4 Å². The van der Waals surface area contributed by atoms with Gasteiger partial charge in [-0.05, 0) is 77.1 Å². The zero-order valence-electron chi connectivity index (χ0n) is 18.7. The highest BCUT2D eigenvalue weighted by atomic mass is 35.5. The van der Waals surface area contributed by atoms with Gasteiger partial charge in [0.25, 0.3) is 0 Å². The molecule has 0 saturated heterocycles. The van der Waals surface area contributed by atoms with Gasteiger partial charge in [-0.2, -0.15) is 0 Å². The second-order valence-electron chi connectivity index (χ2n) is 9.35. The van der Waals surface area contributed by atoms with Crippen LogP contribution in [0, 0.1) is 0 Å². The number of halogens is 1. The van der Waals surface area contributed by atoms with E-state index in [1.807, 2.05) is 45.9 Å². The Morgan fingerprint density at radius 2 is 1.90 bits per heavy atom. The molecule has 0 N–H and O–H groups in total. The van der Waals surface area contributed by atoms with E-state index in [4.69, 9.17) is 21.1 Å². The van der Waals surface area contributed by atoms with E-state index in [-0.39, 0.29) is 6.09 Å². The van der Waals surface area contributed by atoms with Crippen molar-refractivity contribution in [2.24, 2.45) is 0 Å². The van der Waals surface area contributed by atoms with Gasteiger partial charge in [0.15, 0.2) is 5.82 Å². The van der Waals surface area contributed by atoms with E-state index in [0.29, 0.717) is 30.1 Å². The zero-order valence-corrected chi connectivity index (χ0v) is 19.5. The van der Waals surface area contributed by atoms with Crippen LogP contribution in [0.4, 0.5) is 4.79 Å². The van der Waals surface area contributed by atoms with Crippen molar-refractivity contribution >= 4 is 17.7 Å². The Labute approximate surface area is 188 Å². The molecule has 1 amide bonds. The van der Waals surface area contributed by atoms with Gasteiger partial charge in [-0.25, -0.2) is 4.79 Å². The Bertz CT molecular complexity index is 945. The van der Waals surface area contributed by atoms with Crippen LogP contribution >= 0.6 is 11.6 Å². The fourth-order valence-corrected chi connectivity index (χ4v) is 4.66. The maximum absolute atomic E-state index is 12.9. The largest absolute Gasteiger partial charge is 0.444 e. The SMILES string of the molecule is CCO[C@H]1CC[C@@H](c2nnc3n2-c2ccc(Cl)cc2CN(C(=O)OC(C)(C)C)C3)CC1. The maximum atomic E-state index is 12.9. The Hall–Kier alpha value is -2.12. The molecule has 31 heavy (non-hydrogen) atoms. The number of nitrogens with zero attached hydrogens (tertiary/aromatic N) is 4. The lowest BCUT2D eigenvalue weighted by molar-refractivity contribution is 0.0214. The first kappa shape index (κ1) is 22.1. The molecule has 7 nitrogen and oxygen atoms in total. The van der Waals surface area contributed by atoms with Crippen LogP contribution in [0.25, 0.3) is 5.69 Å². The average molecular weight is 447 g/mol. The molecule has 0 radical (unpaired) electrons. The normalized spacial score (nSPS) is 21.3. The monoisotopic (exact) mass is 446 g/mol. The van der Waals surface area contributed by atoms with E-state index in [1.54, 1.807) is 4.90 Å². The summed E-state index contributed by atoms with van der Waals surface area (Å²) in [6, 6.07) is 5.79. The van der Waals surface area contributed by atoms with E-state index < -0.39 is 5.60 Å². The minimum absolute atomic E-state index is 0.314. The first-order valence-electron chi connectivity index (χ1n) is 11.1. The molecule has 4 rings (SSSR count). The van der Waals surface area contributed by atoms with Crippen molar-refractivity contribution < 1.29 is 14.3 Å². The third-order valence-electron chi connectivity index (χ3n) is 5.82. The maximum Gasteiger partial charge on any atom is 0.411 e. The number of benzene rings is 1. The smallest absolute Gasteiger partial charge is 0.411 e. The standard InChI is InChI=1S/C23H31ClN4O3/c1-5-30-18-9-6-15(7-10-18)21-26-25-20-14-27(22(29)31-23(2,3)4)13-16-12-17(24)8-11-19(16)28(20)21/h8,11-12,15,18H,5-7,9-10,13-14H2,1-4H3/t15-,18+. The Balaban J connectivity index is 1.68. The summed E-state index contributed by atoms with van der Waals surface area (Å²) in [6.45, 7) is 9.15. The molecular weight excluding hydrogens is 416 g/mol. The van der Waals surface area contributed by atoms with E-state index in [0.717, 1.165) is 55.2 Å². The molecule has 1 aliphatic carbocycles. The highest BCUT2D eigenvalue weighted by molar-refractivity contribution is 6.30. The molecule has 0 bridgehead atoms. The molecule has 2 heterocycles. The average Bonchev–Trinajstić information content (AvgIpc) is 3.03. The molecule has 0 unspecified atom stereocenters. The Kier molecular flexibility index (Phi) is 6.26. The van der Waals surface area contributed by atoms with Crippen LogP contribution in [0.2, 0.25) is 5.02 Å². The number of amides is 1. The molecule has 168 valence electrons. The van der Waals surface area contributed by atoms with Crippen LogP contribution in [0.3, 0.4) is 0 Å². The number of fused-ring (bicyclic) bond motifs is 3. The van der Waals surface area contributed by atoms with Gasteiger partial charge in [0, 0.05) is 17.5 Å². The molecule has 0 atom stereocenters. The lowest BCUT2D eigenvalue weighted by Gasteiger charge is -2.28. The second-order valence-corrected chi connectivity index (χ2v) is 9.78. The predicted octanol–water partition coefficient (Wildman–Crippen LogP) is 5.23. The van der Waals surface area contributed by atoms with Crippen molar-refractivity contribution in [3.05, 3.63) is 40.4 Å². The number of hydrogen-bond donors (Lipinski definition) is 0. The summed E-state index contributed by atoms with van der Waals surface area (Å²) < 4.78 is 13.6. The molecule has 1 aliphatic heterocycles. The molecule has 1 saturated carbocycles. The Morgan fingerprint density at radius 3 is 2.58 bits per heavy atom. The number of carbonyl (C=O) groups is 1. The summed E-state index contributed by atoms with van der Waals surface area (Å²) >= 11 is 6.31. The van der Waals surface area contributed by atoms with E-state index in [2.05, 4.69) is 14.8 Å². The van der Waals surface area contributed by atoms with Crippen molar-refractivity contribution in [1.82, 2.24) is 19.7 Å². The zero-order chi connectivity index (χ0) is 22.2. The number of hydrogen-bond acceptors (Lipinski definition) is 5. The van der Waals surface area contributed by atoms with Gasteiger partial charge in [-0.15, -0.1) is 10.2 Å². The molecule has 2 aromatic rings. The number of ether oxygens (including phenoxy) is 2. The quantitative estimate of drug-likeness (QED) is 0.645. The fourth-order valence-electron chi connectivity index (χ4n) is 4.47. The predicted molar refractivity (Wildman–Crippen MR) is 118 cm³/mol. The first-order chi connectivity index (χ1) is 14.7. The second kappa shape index (κ2) is 8.79. The summed E-state index contributed by atoms with van der Waals surface area (Å²) in [7, 11) is 0.